The second-order valence-electron chi connectivity index (χ2n) is 3.35. The van der Waals surface area contributed by atoms with Gasteiger partial charge in [0.1, 0.15) is 5.82 Å². The van der Waals surface area contributed by atoms with Crippen molar-refractivity contribution in [3.63, 3.8) is 0 Å². The first-order chi connectivity index (χ1) is 6.20. The predicted octanol–water partition coefficient (Wildman–Crippen LogP) is 1.66. The van der Waals surface area contributed by atoms with Crippen LogP contribution in [0.5, 0.6) is 0 Å². The second-order valence-corrected chi connectivity index (χ2v) is 3.35. The van der Waals surface area contributed by atoms with Crippen LogP contribution in [0, 0.1) is 6.92 Å². The number of rotatable bonds is 1. The molecule has 0 aromatic carbocycles. The van der Waals surface area contributed by atoms with Crippen LogP contribution in [-0.4, -0.2) is 9.38 Å². The van der Waals surface area contributed by atoms with Crippen molar-refractivity contribution >= 4 is 5.52 Å². The fourth-order valence-electron chi connectivity index (χ4n) is 1.52. The molecule has 0 spiro atoms. The van der Waals surface area contributed by atoms with E-state index in [0.717, 1.165) is 11.3 Å². The fraction of sp³-hybridized carbons (Fsp3) is 0.300. The predicted molar refractivity (Wildman–Crippen MR) is 52.5 cm³/mol. The Morgan fingerprint density at radius 2 is 2.31 bits per heavy atom. The summed E-state index contributed by atoms with van der Waals surface area (Å²) >= 11 is 0. The number of aromatic nitrogens is 2. The Morgan fingerprint density at radius 1 is 1.54 bits per heavy atom. The van der Waals surface area contributed by atoms with Gasteiger partial charge in [0.15, 0.2) is 0 Å². The first-order valence-electron chi connectivity index (χ1n) is 4.38. The average Bonchev–Trinajstić information content (AvgIpc) is 2.48. The lowest BCUT2D eigenvalue weighted by Gasteiger charge is -2.04. The van der Waals surface area contributed by atoms with Gasteiger partial charge in [-0.05, 0) is 25.5 Å². The molecule has 2 heterocycles. The lowest BCUT2D eigenvalue weighted by molar-refractivity contribution is 0.735. The van der Waals surface area contributed by atoms with Gasteiger partial charge >= 0.3 is 0 Å². The SMILES string of the molecule is Cc1cccn2c(C(C)N)ncc12. The molecule has 3 nitrogen and oxygen atoms in total. The minimum absolute atomic E-state index is 0.0238. The molecule has 2 aromatic rings. The van der Waals surface area contributed by atoms with Crippen molar-refractivity contribution in [2.45, 2.75) is 19.9 Å². The molecule has 2 aromatic heterocycles. The van der Waals surface area contributed by atoms with Crippen LogP contribution in [0.1, 0.15) is 24.4 Å². The van der Waals surface area contributed by atoms with E-state index < -0.39 is 0 Å². The van der Waals surface area contributed by atoms with E-state index in [1.54, 1.807) is 0 Å². The van der Waals surface area contributed by atoms with Crippen LogP contribution in [0.15, 0.2) is 24.5 Å². The van der Waals surface area contributed by atoms with E-state index in [1.165, 1.54) is 5.56 Å². The number of nitrogens with zero attached hydrogens (tertiary/aromatic N) is 2. The Labute approximate surface area is 77.2 Å². The maximum absolute atomic E-state index is 5.79. The lowest BCUT2D eigenvalue weighted by atomic mass is 10.2. The van der Waals surface area contributed by atoms with Crippen LogP contribution in [0.4, 0.5) is 0 Å². The summed E-state index contributed by atoms with van der Waals surface area (Å²) in [6.07, 6.45) is 3.86. The average molecular weight is 175 g/mol. The van der Waals surface area contributed by atoms with E-state index in [0.29, 0.717) is 0 Å². The highest BCUT2D eigenvalue weighted by molar-refractivity contribution is 5.53. The molecular formula is C10H13N3. The Kier molecular flexibility index (Phi) is 1.81. The molecule has 0 aliphatic carbocycles. The number of pyridine rings is 1. The van der Waals surface area contributed by atoms with E-state index >= 15 is 0 Å². The molecule has 3 heteroatoms. The van der Waals surface area contributed by atoms with Crippen LogP contribution < -0.4 is 5.73 Å². The highest BCUT2D eigenvalue weighted by Crippen LogP contribution is 2.14. The van der Waals surface area contributed by atoms with Crippen molar-refractivity contribution in [1.82, 2.24) is 9.38 Å². The Balaban J connectivity index is 2.75. The highest BCUT2D eigenvalue weighted by atomic mass is 15.0. The van der Waals surface area contributed by atoms with Crippen molar-refractivity contribution in [2.75, 3.05) is 0 Å². The van der Waals surface area contributed by atoms with Crippen molar-refractivity contribution in [3.8, 4) is 0 Å². The molecule has 0 aliphatic rings. The number of aryl methyl sites for hydroxylation is 1. The summed E-state index contributed by atoms with van der Waals surface area (Å²) < 4.78 is 2.04. The number of hydrogen-bond donors (Lipinski definition) is 1. The molecule has 0 amide bonds. The quantitative estimate of drug-likeness (QED) is 0.716. The van der Waals surface area contributed by atoms with Gasteiger partial charge in [0, 0.05) is 6.20 Å². The molecule has 0 saturated carbocycles. The first kappa shape index (κ1) is 8.26. The van der Waals surface area contributed by atoms with Gasteiger partial charge in [-0.1, -0.05) is 6.07 Å². The summed E-state index contributed by atoms with van der Waals surface area (Å²) in [6, 6.07) is 4.06. The van der Waals surface area contributed by atoms with Gasteiger partial charge in [-0.25, -0.2) is 4.98 Å². The molecule has 0 radical (unpaired) electrons. The minimum atomic E-state index is -0.0238. The third-order valence-electron chi connectivity index (χ3n) is 2.22. The zero-order valence-corrected chi connectivity index (χ0v) is 7.86. The van der Waals surface area contributed by atoms with E-state index in [-0.39, 0.29) is 6.04 Å². The molecular weight excluding hydrogens is 162 g/mol. The molecule has 2 rings (SSSR count). The summed E-state index contributed by atoms with van der Waals surface area (Å²) in [5.41, 5.74) is 8.15. The third-order valence-corrected chi connectivity index (χ3v) is 2.22. The second kappa shape index (κ2) is 2.85. The minimum Gasteiger partial charge on any atom is -0.322 e. The smallest absolute Gasteiger partial charge is 0.129 e. The van der Waals surface area contributed by atoms with Gasteiger partial charge in [-0.2, -0.15) is 0 Å². The Hall–Kier alpha value is -1.35. The Bertz CT molecular complexity index is 429. The molecule has 0 fully saturated rings. The van der Waals surface area contributed by atoms with Crippen molar-refractivity contribution < 1.29 is 0 Å². The van der Waals surface area contributed by atoms with E-state index in [2.05, 4.69) is 18.0 Å². The molecule has 0 saturated heterocycles. The highest BCUT2D eigenvalue weighted by Gasteiger charge is 2.07. The van der Waals surface area contributed by atoms with Gasteiger partial charge in [0.25, 0.3) is 0 Å². The zero-order chi connectivity index (χ0) is 9.42. The van der Waals surface area contributed by atoms with Crippen LogP contribution in [0.2, 0.25) is 0 Å². The Morgan fingerprint density at radius 3 is 3.00 bits per heavy atom. The van der Waals surface area contributed by atoms with Crippen molar-refractivity contribution in [2.24, 2.45) is 5.73 Å². The topological polar surface area (TPSA) is 43.3 Å². The molecule has 1 atom stereocenters. The van der Waals surface area contributed by atoms with Gasteiger partial charge in [-0.3, -0.25) is 0 Å². The standard InChI is InChI=1S/C10H13N3/c1-7-4-3-5-13-9(7)6-12-10(13)8(2)11/h3-6,8H,11H2,1-2H3. The largest absolute Gasteiger partial charge is 0.322 e. The fourth-order valence-corrected chi connectivity index (χ4v) is 1.52. The number of hydrogen-bond acceptors (Lipinski definition) is 2. The van der Waals surface area contributed by atoms with Crippen molar-refractivity contribution in [3.05, 3.63) is 35.9 Å². The molecule has 13 heavy (non-hydrogen) atoms. The van der Waals surface area contributed by atoms with E-state index in [1.807, 2.05) is 29.8 Å². The van der Waals surface area contributed by atoms with Crippen LogP contribution in [0.3, 0.4) is 0 Å². The number of nitrogens with two attached hydrogens (primary N) is 1. The van der Waals surface area contributed by atoms with Gasteiger partial charge in [-0.15, -0.1) is 0 Å². The van der Waals surface area contributed by atoms with Crippen molar-refractivity contribution in [1.29, 1.82) is 0 Å². The molecule has 2 N–H and O–H groups in total. The maximum atomic E-state index is 5.79. The molecule has 68 valence electrons. The maximum Gasteiger partial charge on any atom is 0.129 e. The molecule has 0 aliphatic heterocycles. The van der Waals surface area contributed by atoms with E-state index in [9.17, 15) is 0 Å². The van der Waals surface area contributed by atoms with Crippen LogP contribution in [0.25, 0.3) is 5.52 Å². The third kappa shape index (κ3) is 1.21. The zero-order valence-electron chi connectivity index (χ0n) is 7.86. The van der Waals surface area contributed by atoms with Gasteiger partial charge in [0.05, 0.1) is 17.8 Å². The number of imidazole rings is 1. The summed E-state index contributed by atoms with van der Waals surface area (Å²) in [6.45, 7) is 4.01. The van der Waals surface area contributed by atoms with Crippen LogP contribution in [-0.2, 0) is 0 Å². The van der Waals surface area contributed by atoms with Gasteiger partial charge in [0.2, 0.25) is 0 Å². The summed E-state index contributed by atoms with van der Waals surface area (Å²) in [4.78, 5) is 4.29. The first-order valence-corrected chi connectivity index (χ1v) is 4.38. The number of fused-ring (bicyclic) bond motifs is 1. The monoisotopic (exact) mass is 175 g/mol. The summed E-state index contributed by atoms with van der Waals surface area (Å²) in [5.74, 6) is 0.915. The molecule has 0 bridgehead atoms. The molecule has 1 unspecified atom stereocenters. The summed E-state index contributed by atoms with van der Waals surface area (Å²) in [7, 11) is 0. The van der Waals surface area contributed by atoms with Crippen LogP contribution >= 0.6 is 0 Å². The normalized spacial score (nSPS) is 13.5. The lowest BCUT2D eigenvalue weighted by Crippen LogP contribution is -2.09. The van der Waals surface area contributed by atoms with Gasteiger partial charge < -0.3 is 10.1 Å². The van der Waals surface area contributed by atoms with E-state index in [4.69, 9.17) is 5.73 Å². The summed E-state index contributed by atoms with van der Waals surface area (Å²) in [5, 5.41) is 0.